The third-order valence-corrected chi connectivity index (χ3v) is 4.28. The molecule has 7 heteroatoms. The predicted molar refractivity (Wildman–Crippen MR) is 105 cm³/mol. The minimum atomic E-state index is -4.35. The van der Waals surface area contributed by atoms with E-state index >= 15 is 0 Å². The molecule has 3 aromatic rings. The number of amides is 1. The number of carbonyl (C=O) groups is 1. The summed E-state index contributed by atoms with van der Waals surface area (Å²) in [5.41, 5.74) is 2.42. The topological polar surface area (TPSA) is 54.0 Å². The number of alkyl halides is 3. The van der Waals surface area contributed by atoms with Crippen molar-refractivity contribution in [2.75, 3.05) is 5.32 Å². The van der Waals surface area contributed by atoms with E-state index in [0.29, 0.717) is 12.1 Å². The molecule has 150 valence electrons. The molecule has 1 heterocycles. The summed E-state index contributed by atoms with van der Waals surface area (Å²) >= 11 is 0. The van der Waals surface area contributed by atoms with Crippen LogP contribution in [0.15, 0.2) is 73.1 Å². The molecule has 0 radical (unpaired) electrons. The predicted octanol–water partition coefficient (Wildman–Crippen LogP) is 4.57. The van der Waals surface area contributed by atoms with Crippen LogP contribution in [0.2, 0.25) is 0 Å². The molecule has 0 bridgehead atoms. The minimum absolute atomic E-state index is 0.0986. The molecule has 0 saturated heterocycles. The zero-order valence-electron chi connectivity index (χ0n) is 15.5. The second-order valence-electron chi connectivity index (χ2n) is 6.56. The van der Waals surface area contributed by atoms with E-state index in [1.54, 1.807) is 30.6 Å². The van der Waals surface area contributed by atoms with Gasteiger partial charge in [0.15, 0.2) is 0 Å². The van der Waals surface area contributed by atoms with Crippen molar-refractivity contribution in [3.8, 4) is 0 Å². The molecule has 0 atom stereocenters. The Kier molecular flexibility index (Phi) is 6.49. The highest BCUT2D eigenvalue weighted by Crippen LogP contribution is 2.29. The van der Waals surface area contributed by atoms with Crippen LogP contribution in [0.3, 0.4) is 0 Å². The van der Waals surface area contributed by atoms with Crippen molar-refractivity contribution < 1.29 is 18.0 Å². The number of hydrogen-bond acceptors (Lipinski definition) is 3. The fourth-order valence-corrected chi connectivity index (χ4v) is 2.75. The van der Waals surface area contributed by atoms with Crippen LogP contribution in [0.1, 0.15) is 22.3 Å². The Bertz CT molecular complexity index is 942. The monoisotopic (exact) mass is 399 g/mol. The van der Waals surface area contributed by atoms with Crippen molar-refractivity contribution in [1.29, 1.82) is 0 Å². The van der Waals surface area contributed by atoms with Gasteiger partial charge in [0.2, 0.25) is 5.91 Å². The lowest BCUT2D eigenvalue weighted by Gasteiger charge is -2.11. The number of hydrogen-bond donors (Lipinski definition) is 2. The highest BCUT2D eigenvalue weighted by molar-refractivity contribution is 5.78. The van der Waals surface area contributed by atoms with Gasteiger partial charge in [0.25, 0.3) is 0 Å². The number of anilines is 1. The van der Waals surface area contributed by atoms with E-state index in [1.807, 2.05) is 24.3 Å². The van der Waals surface area contributed by atoms with Gasteiger partial charge in [-0.3, -0.25) is 9.78 Å². The molecule has 2 aromatic carbocycles. The molecular weight excluding hydrogens is 379 g/mol. The largest absolute Gasteiger partial charge is 0.416 e. The van der Waals surface area contributed by atoms with Crippen LogP contribution in [0.25, 0.3) is 0 Å². The molecular formula is C22H20F3N3O. The van der Waals surface area contributed by atoms with Gasteiger partial charge >= 0.3 is 6.18 Å². The summed E-state index contributed by atoms with van der Waals surface area (Å²) in [6.45, 7) is 0.693. The van der Waals surface area contributed by atoms with E-state index in [4.69, 9.17) is 0 Å². The Morgan fingerprint density at radius 2 is 1.66 bits per heavy atom. The maximum atomic E-state index is 12.8. The smallest absolute Gasteiger partial charge is 0.381 e. The second kappa shape index (κ2) is 9.23. The number of rotatable bonds is 7. The number of benzene rings is 2. The molecule has 0 aliphatic rings. The fourth-order valence-electron chi connectivity index (χ4n) is 2.75. The minimum Gasteiger partial charge on any atom is -0.381 e. The molecule has 3 rings (SSSR count). The number of nitrogens with one attached hydrogen (secondary N) is 2. The number of pyridine rings is 1. The van der Waals surface area contributed by atoms with Gasteiger partial charge in [0.05, 0.1) is 12.0 Å². The normalized spacial score (nSPS) is 11.1. The van der Waals surface area contributed by atoms with Gasteiger partial charge in [-0.25, -0.2) is 0 Å². The van der Waals surface area contributed by atoms with Crippen LogP contribution in [0.4, 0.5) is 18.9 Å². The van der Waals surface area contributed by atoms with E-state index in [0.717, 1.165) is 28.9 Å². The van der Waals surface area contributed by atoms with Gasteiger partial charge in [-0.05, 0) is 47.0 Å². The number of nitrogens with zero attached hydrogens (tertiary/aromatic N) is 1. The van der Waals surface area contributed by atoms with Crippen LogP contribution in [0, 0.1) is 0 Å². The third kappa shape index (κ3) is 6.34. The molecule has 0 fully saturated rings. The first-order valence-electron chi connectivity index (χ1n) is 9.05. The molecule has 1 amide bonds. The summed E-state index contributed by atoms with van der Waals surface area (Å²) < 4.78 is 38.3. The molecule has 0 aliphatic carbocycles. The van der Waals surface area contributed by atoms with E-state index in [2.05, 4.69) is 15.6 Å². The highest BCUT2D eigenvalue weighted by Gasteiger charge is 2.30. The maximum Gasteiger partial charge on any atom is 0.416 e. The van der Waals surface area contributed by atoms with E-state index in [9.17, 15) is 18.0 Å². The lowest BCUT2D eigenvalue weighted by atomic mass is 10.1. The van der Waals surface area contributed by atoms with Crippen LogP contribution in [-0.2, 0) is 30.5 Å². The second-order valence-corrected chi connectivity index (χ2v) is 6.56. The summed E-state index contributed by atoms with van der Waals surface area (Å²) in [6.07, 6.45) is -0.734. The summed E-state index contributed by atoms with van der Waals surface area (Å²) in [5.74, 6) is -0.0986. The average molecular weight is 399 g/mol. The molecule has 2 N–H and O–H groups in total. The number of aromatic nitrogens is 1. The van der Waals surface area contributed by atoms with Gasteiger partial charge < -0.3 is 10.6 Å². The van der Waals surface area contributed by atoms with E-state index in [1.165, 1.54) is 6.07 Å². The van der Waals surface area contributed by atoms with Crippen molar-refractivity contribution in [2.45, 2.75) is 25.7 Å². The zero-order valence-corrected chi connectivity index (χ0v) is 15.5. The van der Waals surface area contributed by atoms with E-state index in [-0.39, 0.29) is 18.9 Å². The zero-order chi connectivity index (χ0) is 20.7. The van der Waals surface area contributed by atoms with Gasteiger partial charge in [-0.1, -0.05) is 30.3 Å². The molecule has 0 spiro atoms. The fraction of sp³-hybridized carbons (Fsp3) is 0.182. The number of halogens is 3. The standard InChI is InChI=1S/C22H20F3N3O/c23-22(24,25)19-5-1-3-17(11-19)14-27-20-8-6-16(7-9-20)12-21(29)28-15-18-4-2-10-26-13-18/h1-11,13,27H,12,14-15H2,(H,28,29). The van der Waals surface area contributed by atoms with Gasteiger partial charge in [0, 0.05) is 31.2 Å². The Balaban J connectivity index is 1.49. The quantitative estimate of drug-likeness (QED) is 0.612. The van der Waals surface area contributed by atoms with Gasteiger partial charge in [0.1, 0.15) is 0 Å². The lowest BCUT2D eigenvalue weighted by Crippen LogP contribution is -2.24. The molecule has 0 aliphatic heterocycles. The van der Waals surface area contributed by atoms with Crippen LogP contribution < -0.4 is 10.6 Å². The molecule has 29 heavy (non-hydrogen) atoms. The molecule has 0 unspecified atom stereocenters. The Labute approximate surface area is 166 Å². The summed E-state index contributed by atoms with van der Waals surface area (Å²) in [4.78, 5) is 16.1. The van der Waals surface area contributed by atoms with Crippen LogP contribution >= 0.6 is 0 Å². The van der Waals surface area contributed by atoms with Crippen LogP contribution in [0.5, 0.6) is 0 Å². The first-order valence-corrected chi connectivity index (χ1v) is 9.05. The van der Waals surface area contributed by atoms with Gasteiger partial charge in [-0.15, -0.1) is 0 Å². The Morgan fingerprint density at radius 3 is 2.34 bits per heavy atom. The van der Waals surface area contributed by atoms with Gasteiger partial charge in [-0.2, -0.15) is 13.2 Å². The molecule has 0 saturated carbocycles. The van der Waals surface area contributed by atoms with Crippen molar-refractivity contribution in [1.82, 2.24) is 10.3 Å². The summed E-state index contributed by atoms with van der Waals surface area (Å²) in [7, 11) is 0. The average Bonchev–Trinajstić information content (AvgIpc) is 2.72. The third-order valence-electron chi connectivity index (χ3n) is 4.28. The highest BCUT2D eigenvalue weighted by atomic mass is 19.4. The van der Waals surface area contributed by atoms with E-state index < -0.39 is 11.7 Å². The lowest BCUT2D eigenvalue weighted by molar-refractivity contribution is -0.137. The molecule has 1 aromatic heterocycles. The first kappa shape index (κ1) is 20.4. The number of carbonyl (C=O) groups excluding carboxylic acids is 1. The Hall–Kier alpha value is -3.35. The Morgan fingerprint density at radius 1 is 0.897 bits per heavy atom. The van der Waals surface area contributed by atoms with Crippen LogP contribution in [-0.4, -0.2) is 10.9 Å². The maximum absolute atomic E-state index is 12.8. The van der Waals surface area contributed by atoms with Crippen molar-refractivity contribution in [2.24, 2.45) is 0 Å². The van der Waals surface area contributed by atoms with Crippen molar-refractivity contribution in [3.05, 3.63) is 95.3 Å². The molecule has 4 nitrogen and oxygen atoms in total. The van der Waals surface area contributed by atoms with Crippen molar-refractivity contribution in [3.63, 3.8) is 0 Å². The first-order chi connectivity index (χ1) is 13.9. The van der Waals surface area contributed by atoms with Crippen molar-refractivity contribution >= 4 is 11.6 Å². The summed E-state index contributed by atoms with van der Waals surface area (Å²) in [6, 6.07) is 16.2. The summed E-state index contributed by atoms with van der Waals surface area (Å²) in [5, 5.41) is 5.93. The SMILES string of the molecule is O=C(Cc1ccc(NCc2cccc(C(F)(F)F)c2)cc1)NCc1cccnc1.